The highest BCUT2D eigenvalue weighted by molar-refractivity contribution is 7.09. The van der Waals surface area contributed by atoms with Crippen molar-refractivity contribution >= 4 is 34.9 Å². The van der Waals surface area contributed by atoms with Crippen LogP contribution >= 0.6 is 22.9 Å². The lowest BCUT2D eigenvalue weighted by Gasteiger charge is -2.23. The number of nitrogens with zero attached hydrogens (tertiary/aromatic N) is 2. The molecule has 1 aliphatic heterocycles. The number of urea groups is 1. The number of aromatic nitrogens is 1. The highest BCUT2D eigenvalue weighted by Gasteiger charge is 2.50. The van der Waals surface area contributed by atoms with Gasteiger partial charge in [0.25, 0.3) is 5.91 Å². The van der Waals surface area contributed by atoms with Gasteiger partial charge >= 0.3 is 6.03 Å². The Morgan fingerprint density at radius 1 is 1.44 bits per heavy atom. The Kier molecular flexibility index (Phi) is 5.50. The zero-order chi connectivity index (χ0) is 19.8. The molecule has 2 aromatic rings. The number of carbonyl (C=O) groups is 2. The summed E-state index contributed by atoms with van der Waals surface area (Å²) < 4.78 is 18.8. The van der Waals surface area contributed by atoms with Crippen molar-refractivity contribution in [2.24, 2.45) is 0 Å². The molecule has 1 N–H and O–H groups in total. The molecular formula is C18H19ClFN3O3S. The molecule has 144 valence electrons. The second-order valence-corrected chi connectivity index (χ2v) is 7.64. The average Bonchev–Trinajstić information content (AvgIpc) is 3.15. The van der Waals surface area contributed by atoms with Gasteiger partial charge in [0.05, 0.1) is 12.2 Å². The van der Waals surface area contributed by atoms with Gasteiger partial charge in [-0.25, -0.2) is 14.2 Å². The summed E-state index contributed by atoms with van der Waals surface area (Å²) in [5.41, 5.74) is -0.422. The Labute approximate surface area is 165 Å². The largest absolute Gasteiger partial charge is 0.372 e. The molecule has 27 heavy (non-hydrogen) atoms. The molecule has 1 fully saturated rings. The maximum absolute atomic E-state index is 13.3. The zero-order valence-electron chi connectivity index (χ0n) is 15.1. The minimum absolute atomic E-state index is 0.0361. The second kappa shape index (κ2) is 7.53. The van der Waals surface area contributed by atoms with E-state index in [9.17, 15) is 14.0 Å². The first-order valence-electron chi connectivity index (χ1n) is 8.41. The van der Waals surface area contributed by atoms with Crippen molar-refractivity contribution in [1.82, 2.24) is 15.2 Å². The third kappa shape index (κ3) is 3.69. The Balaban J connectivity index is 1.82. The number of amides is 3. The number of carbonyl (C=O) groups excluding carboxylic acids is 2. The lowest BCUT2D eigenvalue weighted by molar-refractivity contribution is -0.131. The third-order valence-corrected chi connectivity index (χ3v) is 5.77. The molecular weight excluding hydrogens is 393 g/mol. The Morgan fingerprint density at radius 3 is 2.85 bits per heavy atom. The van der Waals surface area contributed by atoms with Crippen molar-refractivity contribution in [2.45, 2.75) is 39.0 Å². The summed E-state index contributed by atoms with van der Waals surface area (Å²) in [7, 11) is 0. The summed E-state index contributed by atoms with van der Waals surface area (Å²) in [4.78, 5) is 30.9. The van der Waals surface area contributed by atoms with Crippen LogP contribution < -0.4 is 5.32 Å². The smallest absolute Gasteiger partial charge is 0.325 e. The van der Waals surface area contributed by atoms with E-state index in [2.05, 4.69) is 10.3 Å². The molecule has 0 aliphatic carbocycles. The lowest BCUT2D eigenvalue weighted by Crippen LogP contribution is -2.41. The quantitative estimate of drug-likeness (QED) is 0.729. The van der Waals surface area contributed by atoms with Gasteiger partial charge in [-0.05, 0) is 32.9 Å². The maximum atomic E-state index is 13.3. The number of nitrogens with one attached hydrogen (secondary N) is 1. The van der Waals surface area contributed by atoms with Crippen LogP contribution in [0.5, 0.6) is 0 Å². The molecule has 0 spiro atoms. The standard InChI is InChI=1S/C18H19ClFN3O3S/c1-4-26-10(2)15-21-12(9-27-15)8-23-16(24)18(3,22-17(23)25)13-6-5-11(20)7-14(13)19/h5-7,9-10H,4,8H2,1-3H3,(H,22,25). The zero-order valence-corrected chi connectivity index (χ0v) is 16.7. The number of imide groups is 1. The molecule has 2 heterocycles. The van der Waals surface area contributed by atoms with Crippen LogP contribution in [0.1, 0.15) is 43.1 Å². The van der Waals surface area contributed by atoms with E-state index in [-0.39, 0.29) is 17.7 Å². The molecule has 1 aromatic heterocycles. The van der Waals surface area contributed by atoms with Crippen LogP contribution in [0.15, 0.2) is 23.6 Å². The van der Waals surface area contributed by atoms with Gasteiger partial charge in [0.15, 0.2) is 0 Å². The van der Waals surface area contributed by atoms with Crippen molar-refractivity contribution in [3.8, 4) is 0 Å². The van der Waals surface area contributed by atoms with Gasteiger partial charge in [0.2, 0.25) is 0 Å². The Bertz CT molecular complexity index is 890. The SMILES string of the molecule is CCOC(C)c1nc(CN2C(=O)NC(C)(c3ccc(F)cc3Cl)C2=O)cs1. The van der Waals surface area contributed by atoms with E-state index < -0.39 is 23.3 Å². The fourth-order valence-electron chi connectivity index (χ4n) is 2.98. The highest BCUT2D eigenvalue weighted by Crippen LogP contribution is 2.34. The van der Waals surface area contributed by atoms with Gasteiger partial charge in [-0.15, -0.1) is 11.3 Å². The third-order valence-electron chi connectivity index (χ3n) is 4.40. The van der Waals surface area contributed by atoms with E-state index in [1.54, 1.807) is 12.3 Å². The molecule has 1 aromatic carbocycles. The molecule has 9 heteroatoms. The average molecular weight is 412 g/mol. The fourth-order valence-corrected chi connectivity index (χ4v) is 4.15. The van der Waals surface area contributed by atoms with E-state index in [0.29, 0.717) is 17.9 Å². The normalized spacial score (nSPS) is 20.9. The van der Waals surface area contributed by atoms with E-state index in [1.807, 2.05) is 13.8 Å². The van der Waals surface area contributed by atoms with Crippen molar-refractivity contribution in [3.63, 3.8) is 0 Å². The van der Waals surface area contributed by atoms with E-state index in [0.717, 1.165) is 16.0 Å². The van der Waals surface area contributed by atoms with Crippen molar-refractivity contribution in [1.29, 1.82) is 0 Å². The number of thiazole rings is 1. The molecule has 1 saturated heterocycles. The van der Waals surface area contributed by atoms with Gasteiger partial charge in [-0.2, -0.15) is 0 Å². The van der Waals surface area contributed by atoms with Gasteiger partial charge in [0.1, 0.15) is 22.5 Å². The minimum atomic E-state index is -1.36. The topological polar surface area (TPSA) is 71.5 Å². The molecule has 2 unspecified atom stereocenters. The van der Waals surface area contributed by atoms with E-state index >= 15 is 0 Å². The minimum Gasteiger partial charge on any atom is -0.372 e. The Morgan fingerprint density at radius 2 is 2.19 bits per heavy atom. The summed E-state index contributed by atoms with van der Waals surface area (Å²) in [5, 5.41) is 5.31. The predicted octanol–water partition coefficient (Wildman–Crippen LogP) is 4.00. The summed E-state index contributed by atoms with van der Waals surface area (Å²) in [6, 6.07) is 3.18. The summed E-state index contributed by atoms with van der Waals surface area (Å²) in [6.07, 6.45) is -0.153. The molecule has 0 bridgehead atoms. The van der Waals surface area contributed by atoms with Crippen molar-refractivity contribution in [2.75, 3.05) is 6.61 Å². The Hall–Kier alpha value is -2.03. The molecule has 2 atom stereocenters. The first kappa shape index (κ1) is 19.7. The number of rotatable bonds is 6. The number of ether oxygens (including phenoxy) is 1. The molecule has 3 rings (SSSR count). The fraction of sp³-hybridized carbons (Fsp3) is 0.389. The molecule has 6 nitrogen and oxygen atoms in total. The van der Waals surface area contributed by atoms with Crippen LogP contribution in [0.2, 0.25) is 5.02 Å². The van der Waals surface area contributed by atoms with Crippen LogP contribution in [-0.2, 0) is 21.6 Å². The maximum Gasteiger partial charge on any atom is 0.325 e. The summed E-state index contributed by atoms with van der Waals surface area (Å²) in [5.74, 6) is -0.979. The summed E-state index contributed by atoms with van der Waals surface area (Å²) in [6.45, 7) is 5.96. The van der Waals surface area contributed by atoms with Crippen molar-refractivity contribution in [3.05, 3.63) is 50.7 Å². The molecule has 0 saturated carbocycles. The molecule has 0 radical (unpaired) electrons. The van der Waals surface area contributed by atoms with Gasteiger partial charge < -0.3 is 10.1 Å². The van der Waals surface area contributed by atoms with Crippen LogP contribution in [0, 0.1) is 5.82 Å². The predicted molar refractivity (Wildman–Crippen MR) is 100.0 cm³/mol. The molecule has 1 aliphatic rings. The van der Waals surface area contributed by atoms with Crippen molar-refractivity contribution < 1.29 is 18.7 Å². The van der Waals surface area contributed by atoms with E-state index in [1.165, 1.54) is 23.5 Å². The van der Waals surface area contributed by atoms with Gasteiger partial charge in [-0.1, -0.05) is 17.7 Å². The van der Waals surface area contributed by atoms with Crippen LogP contribution in [-0.4, -0.2) is 28.4 Å². The van der Waals surface area contributed by atoms with Crippen LogP contribution in [0.4, 0.5) is 9.18 Å². The first-order chi connectivity index (χ1) is 12.8. The number of halogens is 2. The number of hydrogen-bond donors (Lipinski definition) is 1. The number of hydrogen-bond acceptors (Lipinski definition) is 5. The number of benzene rings is 1. The van der Waals surface area contributed by atoms with Gasteiger partial charge in [0, 0.05) is 22.6 Å². The highest BCUT2D eigenvalue weighted by atomic mass is 35.5. The molecule has 3 amide bonds. The first-order valence-corrected chi connectivity index (χ1v) is 9.67. The monoisotopic (exact) mass is 411 g/mol. The second-order valence-electron chi connectivity index (χ2n) is 6.35. The van der Waals surface area contributed by atoms with Gasteiger partial charge in [-0.3, -0.25) is 9.69 Å². The summed E-state index contributed by atoms with van der Waals surface area (Å²) >= 11 is 7.52. The van der Waals surface area contributed by atoms with Crippen LogP contribution in [0.3, 0.4) is 0 Å². The lowest BCUT2D eigenvalue weighted by atomic mass is 9.92. The van der Waals surface area contributed by atoms with Crippen LogP contribution in [0.25, 0.3) is 0 Å². The van der Waals surface area contributed by atoms with E-state index in [4.69, 9.17) is 16.3 Å².